The number of aromatic nitrogens is 1. The van der Waals surface area contributed by atoms with E-state index in [0.29, 0.717) is 0 Å². The summed E-state index contributed by atoms with van der Waals surface area (Å²) in [6.07, 6.45) is 1.94. The van der Waals surface area contributed by atoms with Crippen molar-refractivity contribution in [2.24, 2.45) is 0 Å². The van der Waals surface area contributed by atoms with Gasteiger partial charge in [-0.1, -0.05) is 17.7 Å². The van der Waals surface area contributed by atoms with Crippen LogP contribution in [0.4, 0.5) is 5.69 Å². The largest absolute Gasteiger partial charge is 0.380 e. The van der Waals surface area contributed by atoms with E-state index in [1.165, 1.54) is 21.7 Å². The maximum atomic E-state index is 4.24. The molecule has 0 spiro atoms. The first-order valence-electron chi connectivity index (χ1n) is 5.37. The molecule has 0 atom stereocenters. The van der Waals surface area contributed by atoms with E-state index in [4.69, 9.17) is 0 Å². The van der Waals surface area contributed by atoms with Gasteiger partial charge in [-0.15, -0.1) is 11.3 Å². The molecule has 2 aromatic rings. The number of nitrogens with zero attached hydrogens (tertiary/aromatic N) is 1. The molecule has 0 bridgehead atoms. The first-order valence-corrected chi connectivity index (χ1v) is 6.19. The van der Waals surface area contributed by atoms with E-state index in [1.807, 2.05) is 13.1 Å². The van der Waals surface area contributed by atoms with Gasteiger partial charge >= 0.3 is 0 Å². The van der Waals surface area contributed by atoms with Crippen LogP contribution in [0.2, 0.25) is 0 Å². The monoisotopic (exact) mass is 232 g/mol. The molecule has 0 aliphatic carbocycles. The van der Waals surface area contributed by atoms with Crippen molar-refractivity contribution in [2.75, 3.05) is 5.32 Å². The molecule has 1 aromatic carbocycles. The van der Waals surface area contributed by atoms with Gasteiger partial charge in [0, 0.05) is 16.8 Å². The number of benzene rings is 1. The van der Waals surface area contributed by atoms with Crippen molar-refractivity contribution in [1.29, 1.82) is 0 Å². The molecule has 0 fully saturated rings. The number of thiazole rings is 1. The van der Waals surface area contributed by atoms with Gasteiger partial charge in [0.15, 0.2) is 0 Å². The Kier molecular flexibility index (Phi) is 3.25. The van der Waals surface area contributed by atoms with E-state index in [2.05, 4.69) is 42.3 Å². The molecule has 0 aliphatic rings. The van der Waals surface area contributed by atoms with E-state index >= 15 is 0 Å². The molecule has 0 saturated carbocycles. The highest BCUT2D eigenvalue weighted by Gasteiger charge is 2.00. The van der Waals surface area contributed by atoms with Gasteiger partial charge in [0.1, 0.15) is 0 Å². The second kappa shape index (κ2) is 4.66. The minimum atomic E-state index is 0.857. The van der Waals surface area contributed by atoms with Crippen LogP contribution in [0.3, 0.4) is 0 Å². The number of aryl methyl sites for hydroxylation is 3. The Morgan fingerprint density at radius 3 is 2.69 bits per heavy atom. The van der Waals surface area contributed by atoms with Crippen molar-refractivity contribution >= 4 is 17.0 Å². The fourth-order valence-electron chi connectivity index (χ4n) is 1.68. The van der Waals surface area contributed by atoms with Gasteiger partial charge in [-0.3, -0.25) is 0 Å². The third kappa shape index (κ3) is 2.61. The zero-order valence-corrected chi connectivity index (χ0v) is 10.7. The van der Waals surface area contributed by atoms with E-state index in [0.717, 1.165) is 11.6 Å². The Morgan fingerprint density at radius 2 is 2.06 bits per heavy atom. The lowest BCUT2D eigenvalue weighted by Gasteiger charge is -2.08. The first kappa shape index (κ1) is 11.1. The molecular formula is C13H16N2S. The number of rotatable bonds is 3. The Bertz CT molecular complexity index is 488. The summed E-state index contributed by atoms with van der Waals surface area (Å²) in [5.74, 6) is 0. The van der Waals surface area contributed by atoms with Crippen LogP contribution < -0.4 is 5.32 Å². The van der Waals surface area contributed by atoms with Gasteiger partial charge in [-0.05, 0) is 32.4 Å². The van der Waals surface area contributed by atoms with Crippen LogP contribution in [0.1, 0.15) is 21.0 Å². The molecule has 0 unspecified atom stereocenters. The topological polar surface area (TPSA) is 24.9 Å². The summed E-state index contributed by atoms with van der Waals surface area (Å²) in [5, 5.41) is 4.56. The van der Waals surface area contributed by atoms with Gasteiger partial charge in [0.05, 0.1) is 11.6 Å². The Balaban J connectivity index is 2.04. The third-order valence-electron chi connectivity index (χ3n) is 2.50. The zero-order chi connectivity index (χ0) is 11.5. The number of anilines is 1. The minimum Gasteiger partial charge on any atom is -0.380 e. The zero-order valence-electron chi connectivity index (χ0n) is 9.87. The van der Waals surface area contributed by atoms with Gasteiger partial charge in [0.2, 0.25) is 0 Å². The average Bonchev–Trinajstić information content (AvgIpc) is 2.63. The normalized spacial score (nSPS) is 10.4. The van der Waals surface area contributed by atoms with E-state index in [1.54, 1.807) is 11.3 Å². The summed E-state index contributed by atoms with van der Waals surface area (Å²) >= 11 is 1.74. The SMILES string of the molecule is Cc1ccc(NCc2cnc(C)s2)c(C)c1. The second-order valence-corrected chi connectivity index (χ2v) is 5.34. The predicted molar refractivity (Wildman–Crippen MR) is 70.1 cm³/mol. The van der Waals surface area contributed by atoms with E-state index < -0.39 is 0 Å². The van der Waals surface area contributed by atoms with Crippen LogP contribution in [-0.2, 0) is 6.54 Å². The lowest BCUT2D eigenvalue weighted by molar-refractivity contribution is 1.16. The summed E-state index contributed by atoms with van der Waals surface area (Å²) in [6.45, 7) is 7.14. The average molecular weight is 232 g/mol. The third-order valence-corrected chi connectivity index (χ3v) is 3.42. The molecule has 0 amide bonds. The van der Waals surface area contributed by atoms with Crippen molar-refractivity contribution in [3.8, 4) is 0 Å². The summed E-state index contributed by atoms with van der Waals surface area (Å²) < 4.78 is 0. The fraction of sp³-hybridized carbons (Fsp3) is 0.308. The van der Waals surface area contributed by atoms with E-state index in [9.17, 15) is 0 Å². The summed E-state index contributed by atoms with van der Waals surface area (Å²) in [7, 11) is 0. The Hall–Kier alpha value is -1.35. The molecule has 0 saturated heterocycles. The van der Waals surface area contributed by atoms with Crippen LogP contribution in [0.25, 0.3) is 0 Å². The molecule has 0 radical (unpaired) electrons. The predicted octanol–water partition coefficient (Wildman–Crippen LogP) is 3.68. The highest BCUT2D eigenvalue weighted by Crippen LogP contribution is 2.18. The Morgan fingerprint density at radius 1 is 1.25 bits per heavy atom. The molecule has 16 heavy (non-hydrogen) atoms. The lowest BCUT2D eigenvalue weighted by atomic mass is 10.1. The van der Waals surface area contributed by atoms with Crippen LogP contribution >= 0.6 is 11.3 Å². The molecule has 3 heteroatoms. The molecular weight excluding hydrogens is 216 g/mol. The maximum absolute atomic E-state index is 4.24. The number of hydrogen-bond donors (Lipinski definition) is 1. The Labute approximate surface area is 100 Å². The molecule has 0 aliphatic heterocycles. The molecule has 1 aromatic heterocycles. The van der Waals surface area contributed by atoms with Crippen molar-refractivity contribution in [3.05, 3.63) is 45.4 Å². The van der Waals surface area contributed by atoms with Crippen LogP contribution in [0, 0.1) is 20.8 Å². The van der Waals surface area contributed by atoms with Gasteiger partial charge < -0.3 is 5.32 Å². The highest BCUT2D eigenvalue weighted by atomic mass is 32.1. The smallest absolute Gasteiger partial charge is 0.0897 e. The van der Waals surface area contributed by atoms with Crippen LogP contribution in [0.5, 0.6) is 0 Å². The summed E-state index contributed by atoms with van der Waals surface area (Å²) in [4.78, 5) is 5.52. The van der Waals surface area contributed by atoms with E-state index in [-0.39, 0.29) is 0 Å². The highest BCUT2D eigenvalue weighted by molar-refractivity contribution is 7.11. The molecule has 1 heterocycles. The minimum absolute atomic E-state index is 0.857. The van der Waals surface area contributed by atoms with Gasteiger partial charge in [0.25, 0.3) is 0 Å². The van der Waals surface area contributed by atoms with Gasteiger partial charge in [-0.25, -0.2) is 4.98 Å². The van der Waals surface area contributed by atoms with Crippen molar-refractivity contribution in [2.45, 2.75) is 27.3 Å². The van der Waals surface area contributed by atoms with Gasteiger partial charge in [-0.2, -0.15) is 0 Å². The van der Waals surface area contributed by atoms with Crippen molar-refractivity contribution in [1.82, 2.24) is 4.98 Å². The van der Waals surface area contributed by atoms with Crippen molar-refractivity contribution in [3.63, 3.8) is 0 Å². The summed E-state index contributed by atoms with van der Waals surface area (Å²) in [6, 6.07) is 6.46. The quantitative estimate of drug-likeness (QED) is 0.873. The maximum Gasteiger partial charge on any atom is 0.0897 e. The molecule has 2 rings (SSSR count). The second-order valence-electron chi connectivity index (χ2n) is 4.02. The van der Waals surface area contributed by atoms with Crippen LogP contribution in [-0.4, -0.2) is 4.98 Å². The first-order chi connectivity index (χ1) is 7.65. The number of hydrogen-bond acceptors (Lipinski definition) is 3. The molecule has 84 valence electrons. The van der Waals surface area contributed by atoms with Crippen molar-refractivity contribution < 1.29 is 0 Å². The lowest BCUT2D eigenvalue weighted by Crippen LogP contribution is -1.99. The summed E-state index contributed by atoms with van der Waals surface area (Å²) in [5.41, 5.74) is 3.80. The fourth-order valence-corrected chi connectivity index (χ4v) is 2.42. The molecule has 2 nitrogen and oxygen atoms in total. The molecule has 1 N–H and O–H groups in total. The van der Waals surface area contributed by atoms with Crippen LogP contribution in [0.15, 0.2) is 24.4 Å². The standard InChI is InChI=1S/C13H16N2S/c1-9-4-5-13(10(2)6-9)15-8-12-7-14-11(3)16-12/h4-7,15H,8H2,1-3H3. The number of nitrogens with one attached hydrogen (secondary N) is 1.